The number of aryl methyl sites for hydroxylation is 1. The summed E-state index contributed by atoms with van der Waals surface area (Å²) in [6, 6.07) is 5.93. The zero-order valence-electron chi connectivity index (χ0n) is 16.7. The topological polar surface area (TPSA) is 104 Å². The maximum absolute atomic E-state index is 12.9. The third-order valence-corrected chi connectivity index (χ3v) is 7.61. The minimum atomic E-state index is -1.21. The molecule has 30 heavy (non-hydrogen) atoms. The number of nitrogen functional groups attached to an aromatic ring is 1. The molecule has 0 radical (unpaired) electrons. The van der Waals surface area contributed by atoms with Crippen molar-refractivity contribution >= 4 is 38.0 Å². The molecular weight excluding hydrogens is 418 g/mol. The Hall–Kier alpha value is -2.75. The molecule has 4 heterocycles. The van der Waals surface area contributed by atoms with Gasteiger partial charge in [-0.15, -0.1) is 11.3 Å². The van der Waals surface area contributed by atoms with E-state index in [2.05, 4.69) is 15.0 Å². The molecule has 0 saturated carbocycles. The highest BCUT2D eigenvalue weighted by atomic mass is 32.2. The van der Waals surface area contributed by atoms with Crippen LogP contribution in [0.15, 0.2) is 47.3 Å². The molecule has 1 atom stereocenters. The molecule has 0 aliphatic carbocycles. The number of aromatic nitrogens is 4. The second-order valence-electron chi connectivity index (χ2n) is 6.75. The maximum atomic E-state index is 12.9. The quantitative estimate of drug-likeness (QED) is 0.436. The Morgan fingerprint density at radius 1 is 1.20 bits per heavy atom. The molecule has 0 unspecified atom stereocenters. The van der Waals surface area contributed by atoms with Crippen LogP contribution in [-0.2, 0) is 15.5 Å². The van der Waals surface area contributed by atoms with Gasteiger partial charge >= 0.3 is 0 Å². The summed E-state index contributed by atoms with van der Waals surface area (Å²) in [6.45, 7) is 2.51. The number of methoxy groups -OCH3 is 1. The molecule has 0 spiro atoms. The molecule has 0 saturated heterocycles. The van der Waals surface area contributed by atoms with Crippen molar-refractivity contribution in [2.75, 3.05) is 25.2 Å². The molecule has 4 aromatic heterocycles. The fourth-order valence-electron chi connectivity index (χ4n) is 3.22. The van der Waals surface area contributed by atoms with Gasteiger partial charge in [-0.05, 0) is 42.7 Å². The van der Waals surface area contributed by atoms with Crippen LogP contribution in [0.2, 0.25) is 0 Å². The summed E-state index contributed by atoms with van der Waals surface area (Å²) in [7, 11) is 0.425. The number of thiophene rings is 1. The predicted octanol–water partition coefficient (Wildman–Crippen LogP) is 3.85. The third kappa shape index (κ3) is 4.09. The molecule has 0 aliphatic heterocycles. The number of pyridine rings is 2. The van der Waals surface area contributed by atoms with Crippen LogP contribution < -0.4 is 5.73 Å². The van der Waals surface area contributed by atoms with E-state index >= 15 is 0 Å². The van der Waals surface area contributed by atoms with Crippen LogP contribution in [0, 0.1) is 6.92 Å². The van der Waals surface area contributed by atoms with Gasteiger partial charge in [0.15, 0.2) is 0 Å². The van der Waals surface area contributed by atoms with Crippen molar-refractivity contribution in [2.45, 2.75) is 17.6 Å². The van der Waals surface area contributed by atoms with Gasteiger partial charge in [0.25, 0.3) is 0 Å². The zero-order valence-corrected chi connectivity index (χ0v) is 18.3. The lowest BCUT2D eigenvalue weighted by molar-refractivity contribution is 0.200. The molecule has 0 bridgehead atoms. The molecule has 0 amide bonds. The number of fused-ring (bicyclic) bond motifs is 1. The van der Waals surface area contributed by atoms with Crippen LogP contribution in [-0.4, -0.2) is 43.6 Å². The average molecular weight is 440 g/mol. The van der Waals surface area contributed by atoms with E-state index in [0.717, 1.165) is 38.3 Å². The Bertz CT molecular complexity index is 1210. The molecule has 0 aromatic carbocycles. The Morgan fingerprint density at radius 3 is 2.73 bits per heavy atom. The van der Waals surface area contributed by atoms with Crippen molar-refractivity contribution in [1.29, 1.82) is 0 Å². The van der Waals surface area contributed by atoms with Gasteiger partial charge < -0.3 is 10.5 Å². The fourth-order valence-corrected chi connectivity index (χ4v) is 5.84. The fraction of sp³-hybridized carbons (Fsp3) is 0.238. The zero-order chi connectivity index (χ0) is 21.1. The smallest absolute Gasteiger partial charge is 0.127 e. The van der Waals surface area contributed by atoms with E-state index in [1.807, 2.05) is 25.1 Å². The second kappa shape index (κ2) is 8.95. The van der Waals surface area contributed by atoms with Crippen molar-refractivity contribution in [3.05, 3.63) is 48.8 Å². The summed E-state index contributed by atoms with van der Waals surface area (Å²) in [5, 5.41) is 0.821. The van der Waals surface area contributed by atoms with Crippen LogP contribution in [0.5, 0.6) is 0 Å². The Morgan fingerprint density at radius 2 is 2.00 bits per heavy atom. The molecule has 0 fully saturated rings. The summed E-state index contributed by atoms with van der Waals surface area (Å²) in [5.74, 6) is 0.494. The first kappa shape index (κ1) is 20.5. The normalized spacial score (nSPS) is 12.3. The Kier molecular flexibility index (Phi) is 6.12. The maximum Gasteiger partial charge on any atom is 0.127 e. The number of nitrogens with two attached hydrogens (primary N) is 1. The number of anilines is 1. The van der Waals surface area contributed by atoms with E-state index in [-0.39, 0.29) is 0 Å². The van der Waals surface area contributed by atoms with Gasteiger partial charge in [0.1, 0.15) is 15.4 Å². The van der Waals surface area contributed by atoms with Crippen LogP contribution in [0.1, 0.15) is 12.1 Å². The number of hydrogen-bond donors (Lipinski definition) is 1. The molecule has 4 aromatic rings. The highest BCUT2D eigenvalue weighted by molar-refractivity contribution is 7.87. The standard InChI is InChI=1S/C21H21N5O2S2/c1-13-8-14(4-5-25-13)16-9-17(15-10-23-12-24-11-15)26-20-18(16)19(22)21(29-20)30(27)7-3-6-28-2/h4-5,8-12H,3,6-7,22H2,1-2H3/t30-/m1/s1. The molecular formula is C21H21N5O2S2. The Balaban J connectivity index is 1.91. The molecule has 2 N–H and O–H groups in total. The average Bonchev–Trinajstić information content (AvgIpc) is 3.10. The first-order chi connectivity index (χ1) is 14.6. The summed E-state index contributed by atoms with van der Waals surface area (Å²) in [4.78, 5) is 18.1. The molecule has 9 heteroatoms. The highest BCUT2D eigenvalue weighted by Crippen LogP contribution is 2.42. The van der Waals surface area contributed by atoms with Crippen LogP contribution in [0.4, 0.5) is 5.69 Å². The predicted molar refractivity (Wildman–Crippen MR) is 121 cm³/mol. The monoisotopic (exact) mass is 439 g/mol. The van der Waals surface area contributed by atoms with Gasteiger partial charge in [-0.2, -0.15) is 0 Å². The molecule has 154 valence electrons. The molecule has 4 rings (SSSR count). The van der Waals surface area contributed by atoms with Gasteiger partial charge in [0, 0.05) is 54.7 Å². The van der Waals surface area contributed by atoms with E-state index in [9.17, 15) is 4.21 Å². The van der Waals surface area contributed by atoms with E-state index in [4.69, 9.17) is 15.5 Å². The summed E-state index contributed by atoms with van der Waals surface area (Å²) in [5.41, 5.74) is 11.4. The molecule has 0 aliphatic rings. The van der Waals surface area contributed by atoms with E-state index in [0.29, 0.717) is 28.7 Å². The highest BCUT2D eigenvalue weighted by Gasteiger charge is 2.21. The number of hydrogen-bond acceptors (Lipinski definition) is 8. The lowest BCUT2D eigenvalue weighted by atomic mass is 10.0. The number of rotatable bonds is 7. The largest absolute Gasteiger partial charge is 0.396 e. The van der Waals surface area contributed by atoms with Crippen LogP contribution in [0.3, 0.4) is 0 Å². The minimum absolute atomic E-state index is 0.494. The van der Waals surface area contributed by atoms with E-state index in [1.54, 1.807) is 25.7 Å². The van der Waals surface area contributed by atoms with Crippen LogP contribution >= 0.6 is 11.3 Å². The first-order valence-electron chi connectivity index (χ1n) is 9.37. The summed E-state index contributed by atoms with van der Waals surface area (Å²) < 4.78 is 18.6. The van der Waals surface area contributed by atoms with E-state index in [1.165, 1.54) is 17.7 Å². The van der Waals surface area contributed by atoms with Crippen molar-refractivity contribution < 1.29 is 8.95 Å². The second-order valence-corrected chi connectivity index (χ2v) is 9.51. The van der Waals surface area contributed by atoms with Crippen LogP contribution in [0.25, 0.3) is 32.6 Å². The van der Waals surface area contributed by atoms with Gasteiger partial charge in [0.2, 0.25) is 0 Å². The lowest BCUT2D eigenvalue weighted by Gasteiger charge is -2.09. The van der Waals surface area contributed by atoms with Gasteiger partial charge in [0.05, 0.1) is 22.2 Å². The Labute approximate surface area is 180 Å². The number of nitrogens with zero attached hydrogens (tertiary/aromatic N) is 4. The van der Waals surface area contributed by atoms with Gasteiger partial charge in [-0.1, -0.05) is 0 Å². The lowest BCUT2D eigenvalue weighted by Crippen LogP contribution is -2.02. The van der Waals surface area contributed by atoms with Crippen molar-refractivity contribution in [3.63, 3.8) is 0 Å². The SMILES string of the molecule is COCCC[S@@](=O)c1sc2nc(-c3cncnc3)cc(-c3ccnc(C)c3)c2c1N. The van der Waals surface area contributed by atoms with Crippen molar-refractivity contribution in [2.24, 2.45) is 0 Å². The number of ether oxygens (including phenoxy) is 1. The summed E-state index contributed by atoms with van der Waals surface area (Å²) >= 11 is 1.38. The van der Waals surface area contributed by atoms with E-state index < -0.39 is 10.8 Å². The molecule has 7 nitrogen and oxygen atoms in total. The summed E-state index contributed by atoms with van der Waals surface area (Å²) in [6.07, 6.45) is 7.41. The van der Waals surface area contributed by atoms with Gasteiger partial charge in [-0.25, -0.2) is 15.0 Å². The first-order valence-corrected chi connectivity index (χ1v) is 11.5. The minimum Gasteiger partial charge on any atom is -0.396 e. The van der Waals surface area contributed by atoms with Crippen molar-refractivity contribution in [3.8, 4) is 22.4 Å². The third-order valence-electron chi connectivity index (χ3n) is 4.61. The van der Waals surface area contributed by atoms with Gasteiger partial charge in [-0.3, -0.25) is 9.19 Å². The van der Waals surface area contributed by atoms with Crippen molar-refractivity contribution in [1.82, 2.24) is 19.9 Å².